The molecule has 2 rings (SSSR count). The first-order valence-electron chi connectivity index (χ1n) is 7.13. The lowest BCUT2D eigenvalue weighted by Gasteiger charge is -2.24. The van der Waals surface area contributed by atoms with Gasteiger partial charge in [0.25, 0.3) is 0 Å². The van der Waals surface area contributed by atoms with Gasteiger partial charge in [0.2, 0.25) is 0 Å². The Balaban J connectivity index is 1.82. The average Bonchev–Trinajstić information content (AvgIpc) is 3.06. The van der Waals surface area contributed by atoms with Crippen LogP contribution in [0.5, 0.6) is 0 Å². The van der Waals surface area contributed by atoms with Gasteiger partial charge in [-0.25, -0.2) is 14.6 Å². The van der Waals surface area contributed by atoms with Gasteiger partial charge >= 0.3 is 12.0 Å². The van der Waals surface area contributed by atoms with E-state index >= 15 is 0 Å². The van der Waals surface area contributed by atoms with Crippen LogP contribution < -0.4 is 10.6 Å². The van der Waals surface area contributed by atoms with Crippen LogP contribution >= 0.6 is 11.3 Å². The van der Waals surface area contributed by atoms with Crippen molar-refractivity contribution in [3.05, 3.63) is 16.1 Å². The second-order valence-corrected chi connectivity index (χ2v) is 6.83. The molecule has 1 aromatic rings. The molecular weight excluding hydrogens is 290 g/mol. The lowest BCUT2D eigenvalue weighted by molar-refractivity contribution is 0.0691. The fourth-order valence-electron chi connectivity index (χ4n) is 2.59. The number of carboxylic acids is 1. The molecule has 3 N–H and O–H groups in total. The number of rotatable bonds is 5. The molecule has 0 aromatic carbocycles. The summed E-state index contributed by atoms with van der Waals surface area (Å²) in [4.78, 5) is 26.7. The Morgan fingerprint density at radius 2 is 2.14 bits per heavy atom. The number of urea groups is 1. The highest BCUT2D eigenvalue weighted by Crippen LogP contribution is 2.36. The van der Waals surface area contributed by atoms with Crippen molar-refractivity contribution < 1.29 is 14.7 Å². The third-order valence-corrected chi connectivity index (χ3v) is 4.97. The molecule has 0 saturated heterocycles. The molecule has 1 unspecified atom stereocenters. The summed E-state index contributed by atoms with van der Waals surface area (Å²) < 4.78 is 0. The number of carbonyl (C=O) groups excluding carboxylic acids is 1. The predicted octanol–water partition coefficient (Wildman–Crippen LogP) is 2.78. The number of nitrogens with zero attached hydrogens (tertiary/aromatic N) is 1. The number of carbonyl (C=O) groups is 2. The van der Waals surface area contributed by atoms with Crippen LogP contribution in [0.25, 0.3) is 0 Å². The van der Waals surface area contributed by atoms with Gasteiger partial charge in [-0.2, -0.15) is 0 Å². The molecule has 0 radical (unpaired) electrons. The maximum Gasteiger partial charge on any atom is 0.355 e. The molecular formula is C14H21N3O3S. The van der Waals surface area contributed by atoms with Crippen molar-refractivity contribution in [1.29, 1.82) is 0 Å². The van der Waals surface area contributed by atoms with E-state index in [2.05, 4.69) is 22.5 Å². The van der Waals surface area contributed by atoms with Crippen LogP contribution in [0.1, 0.15) is 61.1 Å². The molecule has 0 aliphatic heterocycles. The van der Waals surface area contributed by atoms with Crippen LogP contribution in [0.3, 0.4) is 0 Å². The van der Waals surface area contributed by atoms with Gasteiger partial charge in [-0.15, -0.1) is 11.3 Å². The Labute approximate surface area is 128 Å². The monoisotopic (exact) mass is 311 g/mol. The highest BCUT2D eigenvalue weighted by Gasteiger charge is 2.29. The third kappa shape index (κ3) is 4.17. The molecule has 7 heteroatoms. The first kappa shape index (κ1) is 15.8. The van der Waals surface area contributed by atoms with Gasteiger partial charge in [0.1, 0.15) is 5.01 Å². The van der Waals surface area contributed by atoms with Crippen molar-refractivity contribution in [1.82, 2.24) is 15.6 Å². The van der Waals surface area contributed by atoms with E-state index in [1.165, 1.54) is 29.6 Å². The Morgan fingerprint density at radius 1 is 1.48 bits per heavy atom. The van der Waals surface area contributed by atoms with Crippen LogP contribution in [0.15, 0.2) is 5.38 Å². The topological polar surface area (TPSA) is 91.3 Å². The number of carboxylic acid groups (broad SMARTS) is 1. The fourth-order valence-corrected chi connectivity index (χ4v) is 3.39. The van der Waals surface area contributed by atoms with Crippen LogP contribution in [-0.4, -0.2) is 28.6 Å². The Morgan fingerprint density at radius 3 is 2.71 bits per heavy atom. The van der Waals surface area contributed by atoms with Crippen LogP contribution in [0.2, 0.25) is 0 Å². The van der Waals surface area contributed by atoms with Gasteiger partial charge in [0.15, 0.2) is 5.69 Å². The molecule has 6 nitrogen and oxygen atoms in total. The molecule has 1 aromatic heterocycles. The number of hydrogen-bond acceptors (Lipinski definition) is 4. The average molecular weight is 311 g/mol. The number of thiazole rings is 1. The molecule has 2 amide bonds. The Kier molecular flexibility index (Phi) is 4.82. The summed E-state index contributed by atoms with van der Waals surface area (Å²) in [5.41, 5.74) is 0.223. The first-order chi connectivity index (χ1) is 9.89. The van der Waals surface area contributed by atoms with E-state index in [1.54, 1.807) is 6.92 Å². The lowest BCUT2D eigenvalue weighted by atomic mass is 9.89. The molecule has 0 bridgehead atoms. The van der Waals surface area contributed by atoms with E-state index in [-0.39, 0.29) is 23.2 Å². The van der Waals surface area contributed by atoms with Gasteiger partial charge in [-0.3, -0.25) is 0 Å². The van der Waals surface area contributed by atoms with Crippen molar-refractivity contribution in [2.75, 3.05) is 6.54 Å². The van der Waals surface area contributed by atoms with E-state index in [9.17, 15) is 9.59 Å². The minimum atomic E-state index is -1.05. The van der Waals surface area contributed by atoms with Gasteiger partial charge in [0.05, 0.1) is 6.04 Å². The van der Waals surface area contributed by atoms with E-state index in [4.69, 9.17) is 5.11 Å². The molecule has 1 atom stereocenters. The predicted molar refractivity (Wildman–Crippen MR) is 80.6 cm³/mol. The Hall–Kier alpha value is -1.63. The number of aromatic carboxylic acids is 1. The number of amides is 2. The lowest BCUT2D eigenvalue weighted by Crippen LogP contribution is -2.41. The molecule has 1 fully saturated rings. The zero-order chi connectivity index (χ0) is 15.5. The van der Waals surface area contributed by atoms with Gasteiger partial charge in [0, 0.05) is 11.9 Å². The number of nitrogens with one attached hydrogen (secondary N) is 2. The summed E-state index contributed by atoms with van der Waals surface area (Å²) in [7, 11) is 0. The molecule has 21 heavy (non-hydrogen) atoms. The minimum absolute atomic E-state index is 0.0162. The quantitative estimate of drug-likeness (QED) is 0.779. The largest absolute Gasteiger partial charge is 0.476 e. The minimum Gasteiger partial charge on any atom is -0.476 e. The number of hydrogen-bond donors (Lipinski definition) is 3. The van der Waals surface area contributed by atoms with Gasteiger partial charge in [-0.1, -0.05) is 19.8 Å². The van der Waals surface area contributed by atoms with E-state index in [0.717, 1.165) is 12.8 Å². The zero-order valence-electron chi connectivity index (χ0n) is 12.3. The van der Waals surface area contributed by atoms with Crippen LogP contribution in [0, 0.1) is 5.41 Å². The summed E-state index contributed by atoms with van der Waals surface area (Å²) in [6.07, 6.45) is 4.76. The summed E-state index contributed by atoms with van der Waals surface area (Å²) >= 11 is 1.24. The SMILES string of the molecule is CC(NC(=O)NCC1(C)CCCC1)c1nc(C(=O)O)cs1. The summed E-state index contributed by atoms with van der Waals surface area (Å²) in [5.74, 6) is -1.05. The van der Waals surface area contributed by atoms with Crippen molar-refractivity contribution >= 4 is 23.3 Å². The van der Waals surface area contributed by atoms with Crippen molar-refractivity contribution in [2.45, 2.75) is 45.6 Å². The third-order valence-electron chi connectivity index (χ3n) is 3.95. The zero-order valence-corrected chi connectivity index (χ0v) is 13.1. The standard InChI is InChI=1S/C14H21N3O3S/c1-9(11-17-10(7-21-11)12(18)19)16-13(20)15-8-14(2)5-3-4-6-14/h7,9H,3-6,8H2,1-2H3,(H,18,19)(H2,15,16,20). The van der Waals surface area contributed by atoms with Gasteiger partial charge < -0.3 is 15.7 Å². The summed E-state index contributed by atoms with van der Waals surface area (Å²) in [6, 6.07) is -0.540. The first-order valence-corrected chi connectivity index (χ1v) is 8.01. The maximum absolute atomic E-state index is 11.9. The van der Waals surface area contributed by atoms with Gasteiger partial charge in [-0.05, 0) is 25.2 Å². The molecule has 1 heterocycles. The molecule has 1 aliphatic carbocycles. The molecule has 116 valence electrons. The van der Waals surface area contributed by atoms with Crippen molar-refractivity contribution in [3.8, 4) is 0 Å². The second kappa shape index (κ2) is 6.43. The summed E-state index contributed by atoms with van der Waals surface area (Å²) in [6.45, 7) is 4.66. The maximum atomic E-state index is 11.9. The molecule has 1 aliphatic rings. The molecule has 1 saturated carbocycles. The van der Waals surface area contributed by atoms with E-state index in [1.807, 2.05) is 0 Å². The Bertz CT molecular complexity index is 523. The number of aromatic nitrogens is 1. The second-order valence-electron chi connectivity index (χ2n) is 5.94. The van der Waals surface area contributed by atoms with Crippen LogP contribution in [-0.2, 0) is 0 Å². The highest BCUT2D eigenvalue weighted by atomic mass is 32.1. The molecule has 0 spiro atoms. The van der Waals surface area contributed by atoms with E-state index < -0.39 is 5.97 Å². The van der Waals surface area contributed by atoms with Crippen molar-refractivity contribution in [3.63, 3.8) is 0 Å². The fraction of sp³-hybridized carbons (Fsp3) is 0.643. The summed E-state index contributed by atoms with van der Waals surface area (Å²) in [5, 5.41) is 16.6. The highest BCUT2D eigenvalue weighted by molar-refractivity contribution is 7.09. The smallest absolute Gasteiger partial charge is 0.355 e. The van der Waals surface area contributed by atoms with Crippen molar-refractivity contribution in [2.24, 2.45) is 5.41 Å². The van der Waals surface area contributed by atoms with Crippen LogP contribution in [0.4, 0.5) is 4.79 Å². The van der Waals surface area contributed by atoms with E-state index in [0.29, 0.717) is 11.6 Å². The normalized spacial score (nSPS) is 18.2.